The van der Waals surface area contributed by atoms with Gasteiger partial charge >= 0.3 is 0 Å². The van der Waals surface area contributed by atoms with Crippen molar-refractivity contribution in [1.82, 2.24) is 20.1 Å². The summed E-state index contributed by atoms with van der Waals surface area (Å²) in [7, 11) is 2.06. The maximum absolute atomic E-state index is 12.8. The number of hydrogen-bond donors (Lipinski definition) is 2. The van der Waals surface area contributed by atoms with Gasteiger partial charge in [0.2, 0.25) is 5.91 Å². The second-order valence-corrected chi connectivity index (χ2v) is 8.12. The topological polar surface area (TPSA) is 68.4 Å². The predicted octanol–water partition coefficient (Wildman–Crippen LogP) is 2.73. The molecule has 1 fully saturated rings. The van der Waals surface area contributed by atoms with Crippen LogP contribution in [0.15, 0.2) is 36.4 Å². The van der Waals surface area contributed by atoms with Gasteiger partial charge in [0.15, 0.2) is 0 Å². The first kappa shape index (κ1) is 21.1. The summed E-state index contributed by atoms with van der Waals surface area (Å²) in [5.41, 5.74) is 3.85. The minimum atomic E-state index is -0.136. The first-order valence-electron chi connectivity index (χ1n) is 10.4. The fourth-order valence-electron chi connectivity index (χ4n) is 3.97. The molecule has 0 bridgehead atoms. The number of aryl methyl sites for hydroxylation is 2. The molecule has 1 aliphatic heterocycles. The van der Waals surface area contributed by atoms with E-state index in [1.165, 1.54) is 5.56 Å². The average molecular weight is 397 g/mol. The Morgan fingerprint density at radius 2 is 2.00 bits per heavy atom. The van der Waals surface area contributed by atoms with E-state index in [-0.39, 0.29) is 17.7 Å². The van der Waals surface area contributed by atoms with E-state index in [1.54, 1.807) is 0 Å². The molecule has 1 aromatic heterocycles. The molecular weight excluding hydrogens is 364 g/mol. The zero-order valence-corrected chi connectivity index (χ0v) is 17.7. The van der Waals surface area contributed by atoms with E-state index in [9.17, 15) is 9.59 Å². The SMILES string of the molecule is Cc1cc(C)c(C(=O)N2CCC[C@H](C(=O)NCCN(C)Cc3ccccc3)C2)[nH]1. The van der Waals surface area contributed by atoms with Crippen LogP contribution < -0.4 is 5.32 Å². The molecule has 6 nitrogen and oxygen atoms in total. The highest BCUT2D eigenvalue weighted by molar-refractivity contribution is 5.94. The third-order valence-electron chi connectivity index (χ3n) is 5.53. The molecule has 1 atom stereocenters. The summed E-state index contributed by atoms with van der Waals surface area (Å²) in [6.45, 7) is 7.35. The van der Waals surface area contributed by atoms with Crippen LogP contribution in [0.1, 0.15) is 40.2 Å². The Labute approximate surface area is 173 Å². The van der Waals surface area contributed by atoms with Crippen LogP contribution in [0, 0.1) is 19.8 Å². The standard InChI is InChI=1S/C23H32N4O2/c1-17-14-18(2)25-21(17)23(29)27-12-7-10-20(16-27)22(28)24-11-13-26(3)15-19-8-5-4-6-9-19/h4-6,8-9,14,20,25H,7,10-13,15-16H2,1-3H3,(H,24,28)/t20-/m0/s1. The van der Waals surface area contributed by atoms with E-state index in [1.807, 2.05) is 43.0 Å². The predicted molar refractivity (Wildman–Crippen MR) is 115 cm³/mol. The third kappa shape index (κ3) is 5.70. The summed E-state index contributed by atoms with van der Waals surface area (Å²) in [5, 5.41) is 3.06. The van der Waals surface area contributed by atoms with Gasteiger partial charge in [0.25, 0.3) is 5.91 Å². The van der Waals surface area contributed by atoms with E-state index in [4.69, 9.17) is 0 Å². The molecule has 1 aliphatic rings. The van der Waals surface area contributed by atoms with Gasteiger partial charge < -0.3 is 20.1 Å². The van der Waals surface area contributed by atoms with Gasteiger partial charge in [-0.15, -0.1) is 0 Å². The van der Waals surface area contributed by atoms with E-state index < -0.39 is 0 Å². The molecule has 2 aromatic rings. The maximum Gasteiger partial charge on any atom is 0.270 e. The zero-order chi connectivity index (χ0) is 20.8. The zero-order valence-electron chi connectivity index (χ0n) is 17.7. The lowest BCUT2D eigenvalue weighted by molar-refractivity contribution is -0.126. The van der Waals surface area contributed by atoms with E-state index in [0.717, 1.165) is 37.2 Å². The fraction of sp³-hybridized carbons (Fsp3) is 0.478. The lowest BCUT2D eigenvalue weighted by Gasteiger charge is -2.32. The molecular formula is C23H32N4O2. The molecule has 156 valence electrons. The maximum atomic E-state index is 12.8. The molecule has 2 amide bonds. The number of aromatic amines is 1. The molecule has 0 spiro atoms. The van der Waals surface area contributed by atoms with Gasteiger partial charge in [-0.05, 0) is 50.9 Å². The molecule has 2 heterocycles. The van der Waals surface area contributed by atoms with Crippen molar-refractivity contribution in [2.24, 2.45) is 5.92 Å². The quantitative estimate of drug-likeness (QED) is 0.756. The number of carbonyl (C=O) groups is 2. The second kappa shape index (κ2) is 9.74. The molecule has 3 rings (SSSR count). The monoisotopic (exact) mass is 396 g/mol. The number of amides is 2. The molecule has 6 heteroatoms. The number of carbonyl (C=O) groups excluding carboxylic acids is 2. The first-order valence-corrected chi connectivity index (χ1v) is 10.4. The van der Waals surface area contributed by atoms with Gasteiger partial charge in [-0.2, -0.15) is 0 Å². The van der Waals surface area contributed by atoms with Crippen molar-refractivity contribution in [3.63, 3.8) is 0 Å². The van der Waals surface area contributed by atoms with Crippen LogP contribution in [0.4, 0.5) is 0 Å². The smallest absolute Gasteiger partial charge is 0.270 e. The van der Waals surface area contributed by atoms with Crippen molar-refractivity contribution >= 4 is 11.8 Å². The van der Waals surface area contributed by atoms with Crippen LogP contribution in [0.3, 0.4) is 0 Å². The number of hydrogen-bond acceptors (Lipinski definition) is 3. The molecule has 0 saturated carbocycles. The molecule has 1 aromatic carbocycles. The van der Waals surface area contributed by atoms with E-state index in [2.05, 4.69) is 34.4 Å². The van der Waals surface area contributed by atoms with Crippen molar-refractivity contribution in [2.45, 2.75) is 33.2 Å². The number of likely N-dealkylation sites (N-methyl/N-ethyl adjacent to an activating group) is 1. The Hall–Kier alpha value is -2.60. The number of piperidine rings is 1. The lowest BCUT2D eigenvalue weighted by Crippen LogP contribution is -2.46. The summed E-state index contributed by atoms with van der Waals surface area (Å²) in [6, 6.07) is 12.3. The number of likely N-dealkylation sites (tertiary alicyclic amines) is 1. The number of nitrogens with one attached hydrogen (secondary N) is 2. The summed E-state index contributed by atoms with van der Waals surface area (Å²) in [4.78, 5) is 32.6. The highest BCUT2D eigenvalue weighted by atomic mass is 16.2. The Balaban J connectivity index is 1.45. The molecule has 0 aliphatic carbocycles. The number of benzene rings is 1. The first-order chi connectivity index (χ1) is 13.9. The number of rotatable bonds is 7. The van der Waals surface area contributed by atoms with Crippen LogP contribution in [0.2, 0.25) is 0 Å². The molecule has 1 saturated heterocycles. The van der Waals surface area contributed by atoms with Crippen LogP contribution in [-0.4, -0.2) is 59.8 Å². The van der Waals surface area contributed by atoms with Crippen LogP contribution >= 0.6 is 0 Å². The highest BCUT2D eigenvalue weighted by Gasteiger charge is 2.29. The van der Waals surface area contributed by atoms with Crippen molar-refractivity contribution in [3.8, 4) is 0 Å². The van der Waals surface area contributed by atoms with E-state index >= 15 is 0 Å². The van der Waals surface area contributed by atoms with Crippen LogP contribution in [0.25, 0.3) is 0 Å². The van der Waals surface area contributed by atoms with Gasteiger partial charge in [0.05, 0.1) is 5.92 Å². The van der Waals surface area contributed by atoms with Crippen LogP contribution in [-0.2, 0) is 11.3 Å². The normalized spacial score (nSPS) is 16.8. The average Bonchev–Trinajstić information content (AvgIpc) is 3.06. The van der Waals surface area contributed by atoms with Crippen LogP contribution in [0.5, 0.6) is 0 Å². The molecule has 0 unspecified atom stereocenters. The fourth-order valence-corrected chi connectivity index (χ4v) is 3.97. The van der Waals surface area contributed by atoms with Crippen molar-refractivity contribution in [1.29, 1.82) is 0 Å². The molecule has 2 N–H and O–H groups in total. The summed E-state index contributed by atoms with van der Waals surface area (Å²) in [6.07, 6.45) is 1.69. The molecule has 0 radical (unpaired) electrons. The van der Waals surface area contributed by atoms with Gasteiger partial charge in [-0.3, -0.25) is 9.59 Å². The largest absolute Gasteiger partial charge is 0.355 e. The van der Waals surface area contributed by atoms with Crippen molar-refractivity contribution in [3.05, 3.63) is 58.9 Å². The number of aromatic nitrogens is 1. The summed E-state index contributed by atoms with van der Waals surface area (Å²) >= 11 is 0. The van der Waals surface area contributed by atoms with Gasteiger partial charge in [0.1, 0.15) is 5.69 Å². The minimum absolute atomic E-state index is 0.00399. The molecule has 29 heavy (non-hydrogen) atoms. The van der Waals surface area contributed by atoms with E-state index in [0.29, 0.717) is 25.3 Å². The Morgan fingerprint density at radius 1 is 1.24 bits per heavy atom. The van der Waals surface area contributed by atoms with Gasteiger partial charge in [-0.1, -0.05) is 30.3 Å². The lowest BCUT2D eigenvalue weighted by atomic mass is 9.96. The Bertz CT molecular complexity index is 831. The summed E-state index contributed by atoms with van der Waals surface area (Å²) in [5.74, 6) is -0.0887. The number of nitrogens with zero attached hydrogens (tertiary/aromatic N) is 2. The van der Waals surface area contributed by atoms with Crippen molar-refractivity contribution < 1.29 is 9.59 Å². The summed E-state index contributed by atoms with van der Waals surface area (Å²) < 4.78 is 0. The third-order valence-corrected chi connectivity index (χ3v) is 5.53. The Morgan fingerprint density at radius 3 is 2.69 bits per heavy atom. The number of H-pyrrole nitrogens is 1. The second-order valence-electron chi connectivity index (χ2n) is 8.12. The Kier molecular flexibility index (Phi) is 7.09. The van der Waals surface area contributed by atoms with Gasteiger partial charge in [-0.25, -0.2) is 0 Å². The van der Waals surface area contributed by atoms with Gasteiger partial charge in [0, 0.05) is 38.4 Å². The van der Waals surface area contributed by atoms with Crippen molar-refractivity contribution in [2.75, 3.05) is 33.2 Å². The minimum Gasteiger partial charge on any atom is -0.355 e. The highest BCUT2D eigenvalue weighted by Crippen LogP contribution is 2.20.